The molecular formula is C15H23NO2S. The van der Waals surface area contributed by atoms with Gasteiger partial charge in [-0.3, -0.25) is 9.69 Å². The zero-order valence-electron chi connectivity index (χ0n) is 11.8. The fraction of sp³-hybridized carbons (Fsp3) is 0.533. The molecule has 3 nitrogen and oxygen atoms in total. The molecule has 0 N–H and O–H groups in total. The second-order valence-corrected chi connectivity index (χ2v) is 5.33. The van der Waals surface area contributed by atoms with Crippen molar-refractivity contribution in [3.05, 3.63) is 35.9 Å². The summed E-state index contributed by atoms with van der Waals surface area (Å²) in [6.07, 6.45) is 3.19. The van der Waals surface area contributed by atoms with E-state index in [2.05, 4.69) is 23.3 Å². The number of benzene rings is 1. The van der Waals surface area contributed by atoms with Crippen LogP contribution in [0, 0.1) is 0 Å². The molecule has 0 spiro atoms. The highest BCUT2D eigenvalue weighted by Gasteiger charge is 2.11. The zero-order valence-corrected chi connectivity index (χ0v) is 12.6. The average Bonchev–Trinajstić information content (AvgIpc) is 2.40. The van der Waals surface area contributed by atoms with Crippen molar-refractivity contribution in [3.8, 4) is 0 Å². The highest BCUT2D eigenvalue weighted by atomic mass is 32.2. The highest BCUT2D eigenvalue weighted by molar-refractivity contribution is 7.98. The Kier molecular flexibility index (Phi) is 8.34. The third kappa shape index (κ3) is 7.23. The smallest absolute Gasteiger partial charge is 0.320 e. The van der Waals surface area contributed by atoms with E-state index < -0.39 is 0 Å². The third-order valence-corrected chi connectivity index (χ3v) is 3.43. The summed E-state index contributed by atoms with van der Waals surface area (Å²) in [6.45, 7) is 4.38. The molecule has 0 bridgehead atoms. The number of esters is 1. The quantitative estimate of drug-likeness (QED) is 0.514. The second-order valence-electron chi connectivity index (χ2n) is 4.35. The Labute approximate surface area is 120 Å². The van der Waals surface area contributed by atoms with E-state index in [9.17, 15) is 4.79 Å². The fourth-order valence-electron chi connectivity index (χ4n) is 1.88. The molecule has 1 aromatic rings. The van der Waals surface area contributed by atoms with Crippen molar-refractivity contribution in [2.75, 3.05) is 31.7 Å². The molecule has 0 amide bonds. The summed E-state index contributed by atoms with van der Waals surface area (Å²) in [5, 5.41) is 0. The lowest BCUT2D eigenvalue weighted by molar-refractivity contribution is -0.144. The molecule has 0 unspecified atom stereocenters. The lowest BCUT2D eigenvalue weighted by atomic mass is 10.2. The minimum absolute atomic E-state index is 0.136. The molecular weight excluding hydrogens is 258 g/mol. The van der Waals surface area contributed by atoms with Crippen molar-refractivity contribution >= 4 is 17.7 Å². The van der Waals surface area contributed by atoms with Crippen LogP contribution in [-0.2, 0) is 16.1 Å². The number of hydrogen-bond acceptors (Lipinski definition) is 4. The summed E-state index contributed by atoms with van der Waals surface area (Å²) in [7, 11) is 0. The molecule has 0 aliphatic rings. The van der Waals surface area contributed by atoms with Gasteiger partial charge in [0.25, 0.3) is 0 Å². The van der Waals surface area contributed by atoms with Crippen molar-refractivity contribution in [1.29, 1.82) is 0 Å². The first-order valence-electron chi connectivity index (χ1n) is 6.67. The van der Waals surface area contributed by atoms with Crippen LogP contribution < -0.4 is 0 Å². The second kappa shape index (κ2) is 9.87. The molecule has 0 aliphatic carbocycles. The van der Waals surface area contributed by atoms with Crippen LogP contribution in [0.25, 0.3) is 0 Å². The maximum absolute atomic E-state index is 11.6. The van der Waals surface area contributed by atoms with E-state index in [1.807, 2.05) is 36.9 Å². The number of carbonyl (C=O) groups is 1. The molecule has 0 fully saturated rings. The fourth-order valence-corrected chi connectivity index (χ4v) is 2.30. The molecule has 0 aliphatic heterocycles. The van der Waals surface area contributed by atoms with Gasteiger partial charge in [-0.1, -0.05) is 30.3 Å². The van der Waals surface area contributed by atoms with Gasteiger partial charge in [0.2, 0.25) is 0 Å². The van der Waals surface area contributed by atoms with Crippen molar-refractivity contribution in [2.45, 2.75) is 19.9 Å². The van der Waals surface area contributed by atoms with Gasteiger partial charge in [-0.15, -0.1) is 0 Å². The molecule has 0 heterocycles. The Balaban J connectivity index is 2.50. The van der Waals surface area contributed by atoms with Crippen LogP contribution in [-0.4, -0.2) is 42.6 Å². The average molecular weight is 281 g/mol. The van der Waals surface area contributed by atoms with Crippen LogP contribution in [0.5, 0.6) is 0 Å². The molecule has 1 rings (SSSR count). The summed E-state index contributed by atoms with van der Waals surface area (Å²) in [4.78, 5) is 13.8. The molecule has 4 heteroatoms. The van der Waals surface area contributed by atoms with E-state index in [4.69, 9.17) is 4.74 Å². The lowest BCUT2D eigenvalue weighted by Gasteiger charge is -2.21. The van der Waals surface area contributed by atoms with Crippen molar-refractivity contribution in [3.63, 3.8) is 0 Å². The number of rotatable bonds is 9. The van der Waals surface area contributed by atoms with E-state index in [1.54, 1.807) is 0 Å². The Hall–Kier alpha value is -1.00. The van der Waals surface area contributed by atoms with Crippen molar-refractivity contribution < 1.29 is 9.53 Å². The predicted octanol–water partition coefficient (Wildman–Crippen LogP) is 2.80. The van der Waals surface area contributed by atoms with Crippen LogP contribution in [0.2, 0.25) is 0 Å². The topological polar surface area (TPSA) is 29.5 Å². The van der Waals surface area contributed by atoms with E-state index in [0.717, 1.165) is 25.3 Å². The molecule has 19 heavy (non-hydrogen) atoms. The normalized spacial score (nSPS) is 10.7. The van der Waals surface area contributed by atoms with Crippen LogP contribution in [0.4, 0.5) is 0 Å². The summed E-state index contributed by atoms with van der Waals surface area (Å²) >= 11 is 1.84. The number of carbonyl (C=O) groups excluding carboxylic acids is 1. The minimum Gasteiger partial charge on any atom is -0.465 e. The summed E-state index contributed by atoms with van der Waals surface area (Å²) in [5.41, 5.74) is 1.23. The van der Waals surface area contributed by atoms with Gasteiger partial charge in [0.1, 0.15) is 0 Å². The molecule has 0 radical (unpaired) electrons. The molecule has 0 atom stereocenters. The van der Waals surface area contributed by atoms with Crippen LogP contribution in [0.3, 0.4) is 0 Å². The van der Waals surface area contributed by atoms with E-state index in [1.165, 1.54) is 5.56 Å². The van der Waals surface area contributed by atoms with Gasteiger partial charge >= 0.3 is 5.97 Å². The summed E-state index contributed by atoms with van der Waals surface area (Å²) in [6, 6.07) is 10.2. The van der Waals surface area contributed by atoms with Crippen LogP contribution >= 0.6 is 11.8 Å². The van der Waals surface area contributed by atoms with E-state index >= 15 is 0 Å². The Morgan fingerprint density at radius 2 is 2.05 bits per heavy atom. The number of hydrogen-bond donors (Lipinski definition) is 0. The number of ether oxygens (including phenoxy) is 1. The first kappa shape index (κ1) is 16.1. The van der Waals surface area contributed by atoms with Crippen molar-refractivity contribution in [1.82, 2.24) is 4.90 Å². The van der Waals surface area contributed by atoms with Crippen LogP contribution in [0.15, 0.2) is 30.3 Å². The largest absolute Gasteiger partial charge is 0.465 e. The Bertz CT molecular complexity index is 356. The molecule has 0 saturated carbocycles. The zero-order chi connectivity index (χ0) is 13.9. The first-order valence-corrected chi connectivity index (χ1v) is 8.06. The Morgan fingerprint density at radius 3 is 2.68 bits per heavy atom. The number of thioether (sulfide) groups is 1. The van der Waals surface area contributed by atoms with E-state index in [0.29, 0.717) is 13.2 Å². The maximum Gasteiger partial charge on any atom is 0.320 e. The van der Waals surface area contributed by atoms with Gasteiger partial charge in [-0.2, -0.15) is 11.8 Å². The third-order valence-electron chi connectivity index (χ3n) is 2.73. The van der Waals surface area contributed by atoms with E-state index in [-0.39, 0.29) is 5.97 Å². The van der Waals surface area contributed by atoms with Gasteiger partial charge in [0.05, 0.1) is 13.2 Å². The summed E-state index contributed by atoms with van der Waals surface area (Å²) < 4.78 is 5.03. The maximum atomic E-state index is 11.6. The Morgan fingerprint density at radius 1 is 1.32 bits per heavy atom. The molecule has 106 valence electrons. The van der Waals surface area contributed by atoms with Gasteiger partial charge in [-0.25, -0.2) is 0 Å². The minimum atomic E-state index is -0.136. The summed E-state index contributed by atoms with van der Waals surface area (Å²) in [5.74, 6) is 0.983. The van der Waals surface area contributed by atoms with Gasteiger partial charge in [0.15, 0.2) is 0 Å². The first-order chi connectivity index (χ1) is 9.26. The molecule has 0 aromatic heterocycles. The molecule has 0 saturated heterocycles. The lowest BCUT2D eigenvalue weighted by Crippen LogP contribution is -2.31. The van der Waals surface area contributed by atoms with Gasteiger partial charge in [0, 0.05) is 6.54 Å². The van der Waals surface area contributed by atoms with Gasteiger partial charge in [-0.05, 0) is 37.5 Å². The highest BCUT2D eigenvalue weighted by Crippen LogP contribution is 2.06. The number of nitrogens with zero attached hydrogens (tertiary/aromatic N) is 1. The van der Waals surface area contributed by atoms with Gasteiger partial charge < -0.3 is 4.74 Å². The van der Waals surface area contributed by atoms with Crippen LogP contribution in [0.1, 0.15) is 18.9 Å². The van der Waals surface area contributed by atoms with Crippen molar-refractivity contribution in [2.24, 2.45) is 0 Å². The monoisotopic (exact) mass is 281 g/mol. The standard InChI is InChI=1S/C15H23NO2S/c1-3-18-15(17)13-16(10-7-11-19-2)12-14-8-5-4-6-9-14/h4-6,8-9H,3,7,10-13H2,1-2H3. The molecule has 1 aromatic carbocycles. The predicted molar refractivity (Wildman–Crippen MR) is 81.4 cm³/mol. The SMILES string of the molecule is CCOC(=O)CN(CCCSC)Cc1ccccc1.